The van der Waals surface area contributed by atoms with Crippen molar-refractivity contribution in [1.82, 2.24) is 4.31 Å². The van der Waals surface area contributed by atoms with Crippen molar-refractivity contribution in [2.45, 2.75) is 25.3 Å². The Kier molecular flexibility index (Phi) is 8.14. The predicted octanol–water partition coefficient (Wildman–Crippen LogP) is 4.26. The molecule has 0 atom stereocenters. The molecular formula is C25H28N2O6S. The van der Waals surface area contributed by atoms with Gasteiger partial charge in [-0.25, -0.2) is 8.42 Å². The Morgan fingerprint density at radius 2 is 1.68 bits per heavy atom. The molecule has 3 aromatic carbocycles. The number of benzene rings is 3. The molecule has 0 saturated carbocycles. The molecule has 0 fully saturated rings. The van der Waals surface area contributed by atoms with E-state index in [4.69, 9.17) is 9.47 Å². The molecule has 0 saturated heterocycles. The number of sulfonamides is 1. The van der Waals surface area contributed by atoms with E-state index in [1.165, 1.54) is 35.7 Å². The predicted molar refractivity (Wildman–Crippen MR) is 130 cm³/mol. The molecule has 8 nitrogen and oxygen atoms in total. The lowest BCUT2D eigenvalue weighted by Gasteiger charge is -2.19. The van der Waals surface area contributed by atoms with E-state index in [1.807, 2.05) is 30.3 Å². The molecule has 3 aromatic rings. The number of hydrogen-bond acceptors (Lipinski definition) is 6. The monoisotopic (exact) mass is 484 g/mol. The molecule has 0 aliphatic heterocycles. The first-order chi connectivity index (χ1) is 16.3. The van der Waals surface area contributed by atoms with Crippen molar-refractivity contribution in [2.75, 3.05) is 25.5 Å². The molecule has 0 spiro atoms. The second kappa shape index (κ2) is 11.0. The number of nitrogens with one attached hydrogen (secondary N) is 1. The van der Waals surface area contributed by atoms with E-state index in [1.54, 1.807) is 26.0 Å². The fraction of sp³-hybridized carbons (Fsp3) is 0.240. The van der Waals surface area contributed by atoms with Gasteiger partial charge in [-0.3, -0.25) is 4.79 Å². The molecule has 0 bridgehead atoms. The molecule has 2 N–H and O–H groups in total. The van der Waals surface area contributed by atoms with Gasteiger partial charge in [0.2, 0.25) is 10.0 Å². The Hall–Kier alpha value is -3.56. The summed E-state index contributed by atoms with van der Waals surface area (Å²) in [5, 5.41) is 12.8. The molecule has 0 aliphatic rings. The van der Waals surface area contributed by atoms with Crippen molar-refractivity contribution < 1.29 is 27.8 Å². The highest BCUT2D eigenvalue weighted by molar-refractivity contribution is 7.89. The number of ether oxygens (including phenoxy) is 2. The van der Waals surface area contributed by atoms with E-state index in [0.29, 0.717) is 31.2 Å². The van der Waals surface area contributed by atoms with E-state index in [-0.39, 0.29) is 21.9 Å². The first-order valence-electron chi connectivity index (χ1n) is 10.8. The first kappa shape index (κ1) is 25.1. The van der Waals surface area contributed by atoms with Gasteiger partial charge in [-0.2, -0.15) is 4.31 Å². The van der Waals surface area contributed by atoms with Crippen molar-refractivity contribution >= 4 is 21.6 Å². The lowest BCUT2D eigenvalue weighted by atomic mass is 10.1. The number of methoxy groups -OCH3 is 1. The number of carbonyl (C=O) groups is 1. The highest BCUT2D eigenvalue weighted by atomic mass is 32.2. The molecule has 0 unspecified atom stereocenters. The van der Waals surface area contributed by atoms with Gasteiger partial charge in [0.1, 0.15) is 12.4 Å². The Morgan fingerprint density at radius 1 is 0.971 bits per heavy atom. The number of nitrogens with zero attached hydrogens (tertiary/aromatic N) is 1. The zero-order valence-electron chi connectivity index (χ0n) is 19.3. The standard InChI is InChI=1S/C25H28N2O6S/c1-4-27(5-2)34(30,31)20-12-13-22(28)21(16-20)26-25(29)19-11-14-23(24(15-19)32-3)33-17-18-9-7-6-8-10-18/h6-16,28H,4-5,17H2,1-3H3,(H,26,29). The number of aromatic hydroxyl groups is 1. The third-order valence-electron chi connectivity index (χ3n) is 5.22. The van der Waals surface area contributed by atoms with Gasteiger partial charge >= 0.3 is 0 Å². The van der Waals surface area contributed by atoms with Gasteiger partial charge in [-0.1, -0.05) is 44.2 Å². The summed E-state index contributed by atoms with van der Waals surface area (Å²) in [5.41, 5.74) is 1.23. The average molecular weight is 485 g/mol. The quantitative estimate of drug-likeness (QED) is 0.417. The van der Waals surface area contributed by atoms with Crippen molar-refractivity contribution in [3.05, 3.63) is 77.9 Å². The fourth-order valence-corrected chi connectivity index (χ4v) is 4.83. The van der Waals surface area contributed by atoms with Crippen LogP contribution in [0.2, 0.25) is 0 Å². The number of amides is 1. The Bertz CT molecular complexity index is 1240. The van der Waals surface area contributed by atoms with Crippen LogP contribution in [0, 0.1) is 0 Å². The molecule has 0 aliphatic carbocycles. The topological polar surface area (TPSA) is 105 Å². The molecule has 0 aromatic heterocycles. The summed E-state index contributed by atoms with van der Waals surface area (Å²) in [6, 6.07) is 18.1. The number of rotatable bonds is 10. The lowest BCUT2D eigenvalue weighted by Crippen LogP contribution is -2.30. The van der Waals surface area contributed by atoms with Crippen LogP contribution in [0.15, 0.2) is 71.6 Å². The zero-order chi connectivity index (χ0) is 24.7. The van der Waals surface area contributed by atoms with Crippen molar-refractivity contribution in [3.63, 3.8) is 0 Å². The maximum absolute atomic E-state index is 12.9. The van der Waals surface area contributed by atoms with Crippen molar-refractivity contribution in [1.29, 1.82) is 0 Å². The second-order valence-corrected chi connectivity index (χ2v) is 9.30. The summed E-state index contributed by atoms with van der Waals surface area (Å²) in [5.74, 6) is 0.0472. The normalized spacial score (nSPS) is 11.3. The summed E-state index contributed by atoms with van der Waals surface area (Å²) >= 11 is 0. The number of phenols is 1. The van der Waals surface area contributed by atoms with Crippen LogP contribution < -0.4 is 14.8 Å². The lowest BCUT2D eigenvalue weighted by molar-refractivity contribution is 0.102. The maximum atomic E-state index is 12.9. The van der Waals surface area contributed by atoms with Crippen LogP contribution in [0.5, 0.6) is 17.2 Å². The maximum Gasteiger partial charge on any atom is 0.255 e. The average Bonchev–Trinajstić information content (AvgIpc) is 2.85. The van der Waals surface area contributed by atoms with Crippen LogP contribution in [0.4, 0.5) is 5.69 Å². The first-order valence-corrected chi connectivity index (χ1v) is 12.2. The largest absolute Gasteiger partial charge is 0.506 e. The minimum atomic E-state index is -3.75. The molecule has 34 heavy (non-hydrogen) atoms. The molecule has 3 rings (SSSR count). The highest BCUT2D eigenvalue weighted by Crippen LogP contribution is 2.31. The van der Waals surface area contributed by atoms with Crippen LogP contribution in [0.1, 0.15) is 29.8 Å². The second-order valence-electron chi connectivity index (χ2n) is 7.36. The molecular weight excluding hydrogens is 456 g/mol. The minimum Gasteiger partial charge on any atom is -0.506 e. The molecule has 0 heterocycles. The number of anilines is 1. The smallest absolute Gasteiger partial charge is 0.255 e. The van der Waals surface area contributed by atoms with Gasteiger partial charge in [-0.15, -0.1) is 0 Å². The molecule has 0 radical (unpaired) electrons. The third-order valence-corrected chi connectivity index (χ3v) is 7.27. The van der Waals surface area contributed by atoms with Gasteiger partial charge in [0.05, 0.1) is 17.7 Å². The van der Waals surface area contributed by atoms with E-state index < -0.39 is 15.9 Å². The summed E-state index contributed by atoms with van der Waals surface area (Å²) in [7, 11) is -2.28. The van der Waals surface area contributed by atoms with E-state index >= 15 is 0 Å². The van der Waals surface area contributed by atoms with Crippen molar-refractivity contribution in [3.8, 4) is 17.2 Å². The molecule has 180 valence electrons. The number of hydrogen-bond donors (Lipinski definition) is 2. The molecule has 9 heteroatoms. The number of phenolic OH excluding ortho intramolecular Hbond substituents is 1. The Balaban J connectivity index is 1.80. The van der Waals surface area contributed by atoms with Gasteiger partial charge < -0.3 is 19.9 Å². The SMILES string of the molecule is CCN(CC)S(=O)(=O)c1ccc(O)c(NC(=O)c2ccc(OCc3ccccc3)c(OC)c2)c1. The van der Waals surface area contributed by atoms with Gasteiger partial charge in [0.15, 0.2) is 11.5 Å². The Morgan fingerprint density at radius 3 is 2.32 bits per heavy atom. The minimum absolute atomic E-state index is 0.0124. The summed E-state index contributed by atoms with van der Waals surface area (Å²) in [6.45, 7) is 4.43. The summed E-state index contributed by atoms with van der Waals surface area (Å²) in [4.78, 5) is 12.8. The molecule has 1 amide bonds. The van der Waals surface area contributed by atoms with Crippen LogP contribution in [-0.2, 0) is 16.6 Å². The highest BCUT2D eigenvalue weighted by Gasteiger charge is 2.23. The fourth-order valence-electron chi connectivity index (χ4n) is 3.35. The zero-order valence-corrected chi connectivity index (χ0v) is 20.1. The van der Waals surface area contributed by atoms with Crippen LogP contribution in [0.3, 0.4) is 0 Å². The summed E-state index contributed by atoms with van der Waals surface area (Å²) in [6.07, 6.45) is 0. The van der Waals surface area contributed by atoms with Crippen LogP contribution in [-0.4, -0.2) is 43.9 Å². The van der Waals surface area contributed by atoms with Crippen molar-refractivity contribution in [2.24, 2.45) is 0 Å². The van der Waals surface area contributed by atoms with Gasteiger partial charge in [0, 0.05) is 18.7 Å². The summed E-state index contributed by atoms with van der Waals surface area (Å²) < 4.78 is 38.1. The van der Waals surface area contributed by atoms with E-state index in [2.05, 4.69) is 5.32 Å². The van der Waals surface area contributed by atoms with Gasteiger partial charge in [-0.05, 0) is 42.0 Å². The third kappa shape index (κ3) is 5.67. The number of carbonyl (C=O) groups excluding carboxylic acids is 1. The van der Waals surface area contributed by atoms with Crippen LogP contribution >= 0.6 is 0 Å². The van der Waals surface area contributed by atoms with E-state index in [9.17, 15) is 18.3 Å². The van der Waals surface area contributed by atoms with E-state index in [0.717, 1.165) is 5.56 Å². The van der Waals surface area contributed by atoms with Gasteiger partial charge in [0.25, 0.3) is 5.91 Å². The Labute approximate surface area is 199 Å². The van der Waals surface area contributed by atoms with Crippen LogP contribution in [0.25, 0.3) is 0 Å².